The lowest BCUT2D eigenvalue weighted by atomic mass is 10.0. The van der Waals surface area contributed by atoms with Crippen LogP contribution in [0.25, 0.3) is 0 Å². The molecule has 1 fully saturated rings. The van der Waals surface area contributed by atoms with Crippen LogP contribution >= 0.6 is 0 Å². The summed E-state index contributed by atoms with van der Waals surface area (Å²) in [6, 6.07) is 5.97. The molecule has 0 aromatic heterocycles. The molecule has 1 aliphatic carbocycles. The summed E-state index contributed by atoms with van der Waals surface area (Å²) in [4.78, 5) is 14.3. The molecular weight excluding hydrogens is 214 g/mol. The van der Waals surface area contributed by atoms with Gasteiger partial charge in [-0.15, -0.1) is 0 Å². The van der Waals surface area contributed by atoms with E-state index in [4.69, 9.17) is 5.73 Å². The SMILES string of the molecule is CN1c2cc(N)ccc2NC(=O)C2CCCC21. The standard InChI is InChI=1S/C13H17N3O/c1-16-11-4-2-3-9(11)13(17)15-10-6-5-8(14)7-12(10)16/h5-7,9,11H,2-4,14H2,1H3,(H,15,17). The molecule has 1 aromatic carbocycles. The number of carbonyl (C=O) groups excluding carboxylic acids is 1. The maximum absolute atomic E-state index is 12.1. The van der Waals surface area contributed by atoms with Gasteiger partial charge in [-0.2, -0.15) is 0 Å². The monoisotopic (exact) mass is 231 g/mol. The lowest BCUT2D eigenvalue weighted by molar-refractivity contribution is -0.119. The topological polar surface area (TPSA) is 58.4 Å². The highest BCUT2D eigenvalue weighted by molar-refractivity contribution is 5.99. The number of carbonyl (C=O) groups is 1. The molecule has 2 atom stereocenters. The molecule has 3 rings (SSSR count). The normalized spacial score (nSPS) is 27.1. The summed E-state index contributed by atoms with van der Waals surface area (Å²) in [5, 5.41) is 3.02. The van der Waals surface area contributed by atoms with Crippen LogP contribution in [0.4, 0.5) is 17.1 Å². The Bertz CT molecular complexity index is 472. The van der Waals surface area contributed by atoms with Crippen molar-refractivity contribution < 1.29 is 4.79 Å². The van der Waals surface area contributed by atoms with E-state index in [1.54, 1.807) is 0 Å². The van der Waals surface area contributed by atoms with Gasteiger partial charge in [-0.05, 0) is 31.0 Å². The van der Waals surface area contributed by atoms with Crippen molar-refractivity contribution in [3.63, 3.8) is 0 Å². The maximum Gasteiger partial charge on any atom is 0.229 e. The fourth-order valence-corrected chi connectivity index (χ4v) is 3.06. The van der Waals surface area contributed by atoms with Crippen LogP contribution in [0.1, 0.15) is 19.3 Å². The fraction of sp³-hybridized carbons (Fsp3) is 0.462. The predicted molar refractivity (Wildman–Crippen MR) is 69.0 cm³/mol. The Balaban J connectivity index is 2.09. The van der Waals surface area contributed by atoms with Crippen molar-refractivity contribution >= 4 is 23.0 Å². The summed E-state index contributed by atoms with van der Waals surface area (Å²) in [5.41, 5.74) is 8.48. The molecule has 0 saturated heterocycles. The summed E-state index contributed by atoms with van der Waals surface area (Å²) in [6.07, 6.45) is 3.21. The number of benzene rings is 1. The van der Waals surface area contributed by atoms with Crippen LogP contribution in [0, 0.1) is 5.92 Å². The molecule has 1 aliphatic heterocycles. The van der Waals surface area contributed by atoms with Gasteiger partial charge in [-0.1, -0.05) is 6.42 Å². The number of hydrogen-bond acceptors (Lipinski definition) is 3. The second-order valence-electron chi connectivity index (χ2n) is 4.98. The zero-order chi connectivity index (χ0) is 12.0. The molecule has 4 heteroatoms. The van der Waals surface area contributed by atoms with Gasteiger partial charge in [0.1, 0.15) is 0 Å². The van der Waals surface area contributed by atoms with Crippen LogP contribution < -0.4 is 16.0 Å². The molecule has 90 valence electrons. The van der Waals surface area contributed by atoms with Crippen molar-refractivity contribution in [2.45, 2.75) is 25.3 Å². The van der Waals surface area contributed by atoms with Gasteiger partial charge in [-0.3, -0.25) is 4.79 Å². The Morgan fingerprint density at radius 2 is 2.24 bits per heavy atom. The van der Waals surface area contributed by atoms with Crippen LogP contribution in [0.2, 0.25) is 0 Å². The fourth-order valence-electron chi connectivity index (χ4n) is 3.06. The lowest BCUT2D eigenvalue weighted by Gasteiger charge is -2.28. The van der Waals surface area contributed by atoms with Crippen molar-refractivity contribution in [3.8, 4) is 0 Å². The summed E-state index contributed by atoms with van der Waals surface area (Å²) in [6.45, 7) is 0. The summed E-state index contributed by atoms with van der Waals surface area (Å²) >= 11 is 0. The van der Waals surface area contributed by atoms with E-state index in [0.717, 1.165) is 36.3 Å². The minimum atomic E-state index is 0.119. The highest BCUT2D eigenvalue weighted by Gasteiger charge is 2.38. The van der Waals surface area contributed by atoms with E-state index in [1.165, 1.54) is 0 Å². The number of hydrogen-bond donors (Lipinski definition) is 2. The van der Waals surface area contributed by atoms with Crippen molar-refractivity contribution in [1.82, 2.24) is 0 Å². The maximum atomic E-state index is 12.1. The number of fused-ring (bicyclic) bond motifs is 2. The number of nitrogens with two attached hydrogens (primary N) is 1. The molecule has 2 unspecified atom stereocenters. The van der Waals surface area contributed by atoms with Crippen molar-refractivity contribution in [1.29, 1.82) is 0 Å². The molecule has 0 spiro atoms. The third-order valence-electron chi connectivity index (χ3n) is 3.97. The lowest BCUT2D eigenvalue weighted by Crippen LogP contribution is -2.37. The molecule has 1 saturated carbocycles. The Morgan fingerprint density at radius 3 is 3.06 bits per heavy atom. The number of anilines is 3. The second-order valence-corrected chi connectivity index (χ2v) is 4.98. The minimum absolute atomic E-state index is 0.119. The summed E-state index contributed by atoms with van der Waals surface area (Å²) in [5.74, 6) is 0.275. The molecule has 2 aliphatic rings. The Morgan fingerprint density at radius 1 is 1.41 bits per heavy atom. The van der Waals surface area contributed by atoms with E-state index >= 15 is 0 Å². The van der Waals surface area contributed by atoms with Crippen molar-refractivity contribution in [2.75, 3.05) is 23.0 Å². The van der Waals surface area contributed by atoms with Crippen LogP contribution in [-0.4, -0.2) is 19.0 Å². The second kappa shape index (κ2) is 3.65. The van der Waals surface area contributed by atoms with Gasteiger partial charge in [0.05, 0.1) is 17.3 Å². The predicted octanol–water partition coefficient (Wildman–Crippen LogP) is 1.83. The van der Waals surface area contributed by atoms with Crippen LogP contribution in [-0.2, 0) is 4.79 Å². The zero-order valence-electron chi connectivity index (χ0n) is 9.94. The van der Waals surface area contributed by atoms with E-state index in [9.17, 15) is 4.79 Å². The minimum Gasteiger partial charge on any atom is -0.399 e. The zero-order valence-corrected chi connectivity index (χ0v) is 9.94. The quantitative estimate of drug-likeness (QED) is 0.670. The van der Waals surface area contributed by atoms with E-state index in [0.29, 0.717) is 6.04 Å². The van der Waals surface area contributed by atoms with Gasteiger partial charge in [0.15, 0.2) is 0 Å². The van der Waals surface area contributed by atoms with Gasteiger partial charge < -0.3 is 16.0 Å². The first-order valence-electron chi connectivity index (χ1n) is 6.10. The van der Waals surface area contributed by atoms with E-state index < -0.39 is 0 Å². The van der Waals surface area contributed by atoms with E-state index in [-0.39, 0.29) is 11.8 Å². The van der Waals surface area contributed by atoms with Gasteiger partial charge >= 0.3 is 0 Å². The molecule has 1 aromatic rings. The first kappa shape index (κ1) is 10.4. The van der Waals surface area contributed by atoms with Gasteiger partial charge in [0, 0.05) is 18.8 Å². The highest BCUT2D eigenvalue weighted by Crippen LogP contribution is 2.39. The van der Waals surface area contributed by atoms with E-state index in [1.807, 2.05) is 18.2 Å². The number of nitrogens with zero attached hydrogens (tertiary/aromatic N) is 1. The van der Waals surface area contributed by atoms with Crippen LogP contribution in [0.5, 0.6) is 0 Å². The number of amides is 1. The molecule has 17 heavy (non-hydrogen) atoms. The van der Waals surface area contributed by atoms with Crippen LogP contribution in [0.3, 0.4) is 0 Å². The Labute approximate surface area is 101 Å². The average molecular weight is 231 g/mol. The summed E-state index contributed by atoms with van der Waals surface area (Å²) < 4.78 is 0. The molecule has 1 amide bonds. The third-order valence-corrected chi connectivity index (χ3v) is 3.97. The molecule has 4 nitrogen and oxygen atoms in total. The van der Waals surface area contributed by atoms with Gasteiger partial charge in [-0.25, -0.2) is 0 Å². The Kier molecular flexibility index (Phi) is 2.24. The third kappa shape index (κ3) is 1.55. The molecular formula is C13H17N3O. The van der Waals surface area contributed by atoms with Crippen molar-refractivity contribution in [3.05, 3.63) is 18.2 Å². The largest absolute Gasteiger partial charge is 0.399 e. The van der Waals surface area contributed by atoms with Gasteiger partial charge in [0.2, 0.25) is 5.91 Å². The first-order valence-corrected chi connectivity index (χ1v) is 6.10. The van der Waals surface area contributed by atoms with Crippen LogP contribution in [0.15, 0.2) is 18.2 Å². The molecule has 3 N–H and O–H groups in total. The summed E-state index contributed by atoms with van der Waals surface area (Å²) in [7, 11) is 2.06. The van der Waals surface area contributed by atoms with Gasteiger partial charge in [0.25, 0.3) is 0 Å². The first-order chi connectivity index (χ1) is 8.16. The van der Waals surface area contributed by atoms with Crippen molar-refractivity contribution in [2.24, 2.45) is 5.92 Å². The number of rotatable bonds is 0. The number of nitrogen functional groups attached to an aromatic ring is 1. The highest BCUT2D eigenvalue weighted by atomic mass is 16.2. The van der Waals surface area contributed by atoms with E-state index in [2.05, 4.69) is 17.3 Å². The molecule has 0 radical (unpaired) electrons. The molecule has 1 heterocycles. The smallest absolute Gasteiger partial charge is 0.229 e. The molecule has 0 bridgehead atoms. The number of nitrogens with one attached hydrogen (secondary N) is 1. The Hall–Kier alpha value is -1.71. The average Bonchev–Trinajstić information content (AvgIpc) is 2.76.